The van der Waals surface area contributed by atoms with Crippen LogP contribution >= 0.6 is 0 Å². The van der Waals surface area contributed by atoms with Crippen molar-refractivity contribution in [2.24, 2.45) is 11.8 Å². The zero-order valence-electron chi connectivity index (χ0n) is 21.1. The summed E-state index contributed by atoms with van der Waals surface area (Å²) in [5, 5.41) is 9.09. The minimum atomic E-state index is -1.02. The van der Waals surface area contributed by atoms with Gasteiger partial charge in [0.25, 0.3) is 0 Å². The summed E-state index contributed by atoms with van der Waals surface area (Å²) in [6, 6.07) is 8.95. The Labute approximate surface area is 213 Å². The number of carbonyl (C=O) groups excluding carboxylic acids is 3. The third-order valence-corrected chi connectivity index (χ3v) is 7.78. The summed E-state index contributed by atoms with van der Waals surface area (Å²) in [6.45, 7) is 7.12. The minimum Gasteiger partial charge on any atom is -0.466 e. The first kappa shape index (κ1) is 26.4. The highest BCUT2D eigenvalue weighted by Gasteiger charge is 2.74. The van der Waals surface area contributed by atoms with Gasteiger partial charge in [0.2, 0.25) is 11.8 Å². The molecule has 3 saturated heterocycles. The highest BCUT2D eigenvalue weighted by molar-refractivity contribution is 5.98. The molecule has 8 heteroatoms. The number of ether oxygens (including phenoxy) is 2. The van der Waals surface area contributed by atoms with Crippen LogP contribution in [0, 0.1) is 11.8 Å². The first-order valence-corrected chi connectivity index (χ1v) is 13.2. The predicted octanol–water partition coefficient (Wildman–Crippen LogP) is 2.69. The lowest BCUT2D eigenvalue weighted by Gasteiger charge is -2.37. The molecule has 2 amide bonds. The van der Waals surface area contributed by atoms with E-state index in [2.05, 4.69) is 6.58 Å². The number of likely N-dealkylation sites (tertiary alicyclic amines) is 1. The van der Waals surface area contributed by atoms with Crippen LogP contribution in [0.5, 0.6) is 0 Å². The van der Waals surface area contributed by atoms with Crippen LogP contribution in [0.25, 0.3) is 0 Å². The molecule has 4 rings (SSSR count). The topological polar surface area (TPSA) is 96.4 Å². The van der Waals surface area contributed by atoms with Gasteiger partial charge in [-0.25, -0.2) is 0 Å². The summed E-state index contributed by atoms with van der Waals surface area (Å²) in [6.07, 6.45) is 5.60. The molecule has 5 atom stereocenters. The first-order chi connectivity index (χ1) is 17.5. The van der Waals surface area contributed by atoms with Crippen LogP contribution in [0.15, 0.2) is 43.0 Å². The maximum atomic E-state index is 14.2. The monoisotopic (exact) mass is 498 g/mol. The second-order valence-electron chi connectivity index (χ2n) is 9.97. The number of unbranched alkanes of at least 4 members (excludes halogenated alkanes) is 3. The zero-order chi connectivity index (χ0) is 25.7. The van der Waals surface area contributed by atoms with Gasteiger partial charge >= 0.3 is 5.97 Å². The maximum absolute atomic E-state index is 14.2. The quantitative estimate of drug-likeness (QED) is 0.255. The van der Waals surface area contributed by atoms with E-state index < -0.39 is 35.6 Å². The van der Waals surface area contributed by atoms with E-state index in [1.54, 1.807) is 22.8 Å². The third-order valence-electron chi connectivity index (χ3n) is 7.78. The molecule has 0 radical (unpaired) electrons. The van der Waals surface area contributed by atoms with Crippen molar-refractivity contribution < 1.29 is 29.0 Å². The van der Waals surface area contributed by atoms with Crippen molar-refractivity contribution >= 4 is 17.8 Å². The summed E-state index contributed by atoms with van der Waals surface area (Å²) in [4.78, 5) is 44.4. The summed E-state index contributed by atoms with van der Waals surface area (Å²) in [5.74, 6) is -2.15. The van der Waals surface area contributed by atoms with Crippen molar-refractivity contribution in [2.45, 2.75) is 69.7 Å². The first-order valence-electron chi connectivity index (χ1n) is 13.2. The molecule has 3 aliphatic heterocycles. The molecule has 3 heterocycles. The Hall–Kier alpha value is -2.71. The van der Waals surface area contributed by atoms with Crippen molar-refractivity contribution in [3.63, 3.8) is 0 Å². The van der Waals surface area contributed by atoms with E-state index in [0.717, 1.165) is 18.4 Å². The number of hydrogen-bond donors (Lipinski definition) is 1. The smallest absolute Gasteiger partial charge is 0.312 e. The van der Waals surface area contributed by atoms with E-state index in [4.69, 9.17) is 14.6 Å². The second-order valence-corrected chi connectivity index (χ2v) is 9.97. The van der Waals surface area contributed by atoms with Crippen LogP contribution in [0.4, 0.5) is 0 Å². The van der Waals surface area contributed by atoms with Crippen molar-refractivity contribution in [3.8, 4) is 0 Å². The van der Waals surface area contributed by atoms with E-state index in [-0.39, 0.29) is 25.0 Å². The summed E-state index contributed by atoms with van der Waals surface area (Å²) < 4.78 is 11.8. The number of esters is 1. The predicted molar refractivity (Wildman–Crippen MR) is 134 cm³/mol. The van der Waals surface area contributed by atoms with Gasteiger partial charge < -0.3 is 24.4 Å². The van der Waals surface area contributed by atoms with Crippen LogP contribution in [-0.4, -0.2) is 76.7 Å². The number of nitrogens with zero attached hydrogens (tertiary/aromatic N) is 2. The maximum Gasteiger partial charge on any atom is 0.312 e. The van der Waals surface area contributed by atoms with Gasteiger partial charge in [0, 0.05) is 26.2 Å². The molecule has 1 spiro atoms. The molecule has 1 aromatic rings. The van der Waals surface area contributed by atoms with E-state index in [1.165, 1.54) is 0 Å². The lowest BCUT2D eigenvalue weighted by Crippen LogP contribution is -2.56. The van der Waals surface area contributed by atoms with Crippen molar-refractivity contribution in [2.75, 3.05) is 26.3 Å². The molecule has 0 aliphatic carbocycles. The van der Waals surface area contributed by atoms with Gasteiger partial charge in [-0.1, -0.05) is 49.2 Å². The molecule has 196 valence electrons. The van der Waals surface area contributed by atoms with Crippen LogP contribution in [0.1, 0.15) is 51.0 Å². The number of aliphatic hydroxyl groups is 1. The molecule has 0 saturated carbocycles. The number of amides is 2. The Balaban J connectivity index is 1.64. The molecule has 3 fully saturated rings. The van der Waals surface area contributed by atoms with Gasteiger partial charge in [-0.15, -0.1) is 6.58 Å². The fourth-order valence-electron chi connectivity index (χ4n) is 6.29. The molecular formula is C28H38N2O6. The summed E-state index contributed by atoms with van der Waals surface area (Å²) in [7, 11) is 0. The van der Waals surface area contributed by atoms with Gasteiger partial charge in [-0.3, -0.25) is 14.4 Å². The Morgan fingerprint density at radius 3 is 2.69 bits per heavy atom. The van der Waals surface area contributed by atoms with Gasteiger partial charge in [0.15, 0.2) is 0 Å². The van der Waals surface area contributed by atoms with Gasteiger partial charge in [-0.2, -0.15) is 0 Å². The highest BCUT2D eigenvalue weighted by atomic mass is 16.6. The molecule has 1 N–H and O–H groups in total. The van der Waals surface area contributed by atoms with Crippen molar-refractivity contribution in [1.29, 1.82) is 0 Å². The average molecular weight is 499 g/mol. The van der Waals surface area contributed by atoms with Crippen LogP contribution in [0.2, 0.25) is 0 Å². The third kappa shape index (κ3) is 4.81. The normalized spacial score (nSPS) is 28.3. The van der Waals surface area contributed by atoms with Crippen molar-refractivity contribution in [3.05, 3.63) is 48.6 Å². The number of fused-ring (bicyclic) bond motifs is 1. The van der Waals surface area contributed by atoms with Gasteiger partial charge in [0.05, 0.1) is 24.5 Å². The molecule has 2 bridgehead atoms. The van der Waals surface area contributed by atoms with Gasteiger partial charge in [0.1, 0.15) is 11.6 Å². The number of rotatable bonds is 13. The highest BCUT2D eigenvalue weighted by Crippen LogP contribution is 2.58. The summed E-state index contributed by atoms with van der Waals surface area (Å²) >= 11 is 0. The number of benzene rings is 1. The molecular weight excluding hydrogens is 460 g/mol. The van der Waals surface area contributed by atoms with Crippen LogP contribution in [0.3, 0.4) is 0 Å². The SMILES string of the molecule is C=CCN(Cc1ccccc1)C(=O)C1N(CCCCCCO)C(=O)[C@@H]2[C@H](C(=O)OCC)[C@@H]3CCC12O3. The average Bonchev–Trinajstić information content (AvgIpc) is 3.51. The Morgan fingerprint density at radius 2 is 2.00 bits per heavy atom. The molecule has 8 nitrogen and oxygen atoms in total. The number of aliphatic hydroxyl groups excluding tert-OH is 1. The van der Waals surface area contributed by atoms with E-state index in [9.17, 15) is 14.4 Å². The Morgan fingerprint density at radius 1 is 1.25 bits per heavy atom. The Kier molecular flexibility index (Phi) is 8.46. The largest absolute Gasteiger partial charge is 0.466 e. The molecule has 0 aromatic heterocycles. The van der Waals surface area contributed by atoms with Gasteiger partial charge in [-0.05, 0) is 38.2 Å². The second kappa shape index (κ2) is 11.6. The van der Waals surface area contributed by atoms with Crippen LogP contribution < -0.4 is 0 Å². The fourth-order valence-corrected chi connectivity index (χ4v) is 6.29. The number of hydrogen-bond acceptors (Lipinski definition) is 6. The molecule has 2 unspecified atom stereocenters. The standard InChI is InChI=1S/C28H38N2O6/c1-3-16-29(19-20-12-8-7-9-13-20)26(33)24-28-15-14-21(36-28)22(27(34)35-4-2)23(28)25(32)30(24)17-10-5-6-11-18-31/h3,7-9,12-13,21-24,31H,1,4-6,10-11,14-19H2,2H3/t21-,22+,23-,24?,28?/m0/s1. The molecule has 1 aromatic carbocycles. The van der Waals surface area contributed by atoms with Crippen LogP contribution in [-0.2, 0) is 30.4 Å². The lowest BCUT2D eigenvalue weighted by atomic mass is 9.70. The van der Waals surface area contributed by atoms with E-state index in [1.807, 2.05) is 30.3 Å². The Bertz CT molecular complexity index is 953. The number of carbonyl (C=O) groups is 3. The lowest BCUT2D eigenvalue weighted by molar-refractivity contribution is -0.155. The van der Waals surface area contributed by atoms with E-state index in [0.29, 0.717) is 45.3 Å². The molecule has 36 heavy (non-hydrogen) atoms. The van der Waals surface area contributed by atoms with Crippen molar-refractivity contribution in [1.82, 2.24) is 9.80 Å². The van der Waals surface area contributed by atoms with E-state index >= 15 is 0 Å². The minimum absolute atomic E-state index is 0.140. The molecule has 3 aliphatic rings. The zero-order valence-corrected chi connectivity index (χ0v) is 21.1. The summed E-state index contributed by atoms with van der Waals surface area (Å²) in [5.41, 5.74) is -0.0278. The fraction of sp³-hybridized carbons (Fsp3) is 0.607.